The highest BCUT2D eigenvalue weighted by Gasteiger charge is 2.30. The lowest BCUT2D eigenvalue weighted by Crippen LogP contribution is -2.50. The van der Waals surface area contributed by atoms with Crippen LogP contribution < -0.4 is 5.32 Å². The number of benzene rings is 1. The molecule has 2 amide bonds. The molecule has 152 valence electrons. The Labute approximate surface area is 161 Å². The summed E-state index contributed by atoms with van der Waals surface area (Å²) >= 11 is 0. The van der Waals surface area contributed by atoms with Gasteiger partial charge in [-0.2, -0.15) is 13.2 Å². The minimum Gasteiger partial charge on any atom is -0.334 e. The van der Waals surface area contributed by atoms with Gasteiger partial charge in [-0.3, -0.25) is 4.90 Å². The molecule has 9 heteroatoms. The van der Waals surface area contributed by atoms with Crippen LogP contribution in [0.2, 0.25) is 0 Å². The number of carbonyl (C=O) groups is 1. The number of aromatic nitrogens is 2. The van der Waals surface area contributed by atoms with E-state index >= 15 is 0 Å². The third-order valence-corrected chi connectivity index (χ3v) is 4.90. The van der Waals surface area contributed by atoms with Crippen LogP contribution in [0.25, 0.3) is 0 Å². The summed E-state index contributed by atoms with van der Waals surface area (Å²) in [6, 6.07) is 4.19. The van der Waals surface area contributed by atoms with Crippen LogP contribution in [0.5, 0.6) is 0 Å². The zero-order valence-electron chi connectivity index (χ0n) is 15.7. The van der Waals surface area contributed by atoms with Crippen molar-refractivity contribution >= 4 is 11.7 Å². The zero-order chi connectivity index (χ0) is 20.1. The Bertz CT molecular complexity index is 780. The minimum atomic E-state index is -4.38. The summed E-state index contributed by atoms with van der Waals surface area (Å²) in [6.45, 7) is 6.51. The Hall–Kier alpha value is -2.55. The molecule has 1 aromatic heterocycles. The first-order valence-electron chi connectivity index (χ1n) is 9.32. The van der Waals surface area contributed by atoms with E-state index in [1.807, 2.05) is 12.4 Å². The third kappa shape index (κ3) is 5.03. The fraction of sp³-hybridized carbons (Fsp3) is 0.474. The quantitative estimate of drug-likeness (QED) is 0.845. The van der Waals surface area contributed by atoms with Crippen molar-refractivity contribution in [1.29, 1.82) is 0 Å². The van der Waals surface area contributed by atoms with Crippen LogP contribution in [0.15, 0.2) is 36.7 Å². The number of alkyl halides is 3. The molecule has 0 radical (unpaired) electrons. The predicted molar refractivity (Wildman–Crippen MR) is 100 cm³/mol. The lowest BCUT2D eigenvalue weighted by Gasteiger charge is -2.34. The first kappa shape index (κ1) is 20.2. The first-order valence-corrected chi connectivity index (χ1v) is 9.32. The Kier molecular flexibility index (Phi) is 6.23. The van der Waals surface area contributed by atoms with Gasteiger partial charge >= 0.3 is 12.2 Å². The molecule has 3 rings (SSSR count). The summed E-state index contributed by atoms with van der Waals surface area (Å²) in [6.07, 6.45) is 0.299. The second kappa shape index (κ2) is 8.64. The molecule has 0 saturated carbocycles. The lowest BCUT2D eigenvalue weighted by atomic mass is 10.2. The van der Waals surface area contributed by atoms with Crippen LogP contribution in [-0.4, -0.2) is 58.1 Å². The zero-order valence-corrected chi connectivity index (χ0v) is 15.7. The largest absolute Gasteiger partial charge is 0.416 e. The molecule has 0 spiro atoms. The number of halogens is 3. The SMILES string of the molecule is CCc1nccn1CCN1CCN(C(=O)Nc2ccc(C(F)(F)F)cc2)CC1. The van der Waals surface area contributed by atoms with Gasteiger partial charge in [0.15, 0.2) is 0 Å². The fourth-order valence-corrected chi connectivity index (χ4v) is 3.23. The van der Waals surface area contributed by atoms with Gasteiger partial charge in [-0.25, -0.2) is 9.78 Å². The number of nitrogens with one attached hydrogen (secondary N) is 1. The van der Waals surface area contributed by atoms with Crippen LogP contribution in [0, 0.1) is 0 Å². The van der Waals surface area contributed by atoms with Crippen molar-refractivity contribution in [2.24, 2.45) is 0 Å². The standard InChI is InChI=1S/C19H24F3N5O/c1-2-17-23-7-8-26(17)12-9-25-10-13-27(14-11-25)18(28)24-16-5-3-15(4-6-16)19(20,21)22/h3-8H,2,9-14H2,1H3,(H,24,28). The number of rotatable bonds is 5. The number of imidazole rings is 1. The molecule has 1 aromatic carbocycles. The molecule has 1 saturated heterocycles. The number of piperazine rings is 1. The first-order chi connectivity index (χ1) is 13.4. The van der Waals surface area contributed by atoms with E-state index in [9.17, 15) is 18.0 Å². The van der Waals surface area contributed by atoms with Gasteiger partial charge in [-0.15, -0.1) is 0 Å². The molecule has 1 N–H and O–H groups in total. The maximum atomic E-state index is 12.6. The van der Waals surface area contributed by atoms with Crippen molar-refractivity contribution in [3.8, 4) is 0 Å². The lowest BCUT2D eigenvalue weighted by molar-refractivity contribution is -0.137. The number of nitrogens with zero attached hydrogens (tertiary/aromatic N) is 4. The van der Waals surface area contributed by atoms with Crippen molar-refractivity contribution in [3.05, 3.63) is 48.0 Å². The summed E-state index contributed by atoms with van der Waals surface area (Å²) in [4.78, 5) is 20.6. The molecule has 2 heterocycles. The van der Waals surface area contributed by atoms with Gasteiger partial charge in [0, 0.05) is 63.8 Å². The van der Waals surface area contributed by atoms with E-state index < -0.39 is 11.7 Å². The second-order valence-corrected chi connectivity index (χ2v) is 6.72. The Morgan fingerprint density at radius 2 is 1.79 bits per heavy atom. The summed E-state index contributed by atoms with van der Waals surface area (Å²) in [5, 5.41) is 2.66. The summed E-state index contributed by atoms with van der Waals surface area (Å²) in [7, 11) is 0. The van der Waals surface area contributed by atoms with E-state index in [2.05, 4.69) is 26.7 Å². The van der Waals surface area contributed by atoms with Crippen molar-refractivity contribution in [3.63, 3.8) is 0 Å². The maximum absolute atomic E-state index is 12.6. The molecule has 28 heavy (non-hydrogen) atoms. The maximum Gasteiger partial charge on any atom is 0.416 e. The number of hydrogen-bond donors (Lipinski definition) is 1. The van der Waals surface area contributed by atoms with E-state index in [0.29, 0.717) is 18.8 Å². The van der Waals surface area contributed by atoms with E-state index in [4.69, 9.17) is 0 Å². The molecule has 0 bridgehead atoms. The second-order valence-electron chi connectivity index (χ2n) is 6.72. The molecule has 0 aliphatic carbocycles. The smallest absolute Gasteiger partial charge is 0.334 e. The average molecular weight is 395 g/mol. The van der Waals surface area contributed by atoms with E-state index in [0.717, 1.165) is 50.6 Å². The molecular formula is C19H24F3N5O. The highest BCUT2D eigenvalue weighted by molar-refractivity contribution is 5.89. The summed E-state index contributed by atoms with van der Waals surface area (Å²) < 4.78 is 39.9. The van der Waals surface area contributed by atoms with Crippen molar-refractivity contribution in [2.45, 2.75) is 26.1 Å². The summed E-state index contributed by atoms with van der Waals surface area (Å²) in [5.41, 5.74) is -0.379. The third-order valence-electron chi connectivity index (χ3n) is 4.90. The van der Waals surface area contributed by atoms with Gasteiger partial charge in [-0.05, 0) is 24.3 Å². The molecular weight excluding hydrogens is 371 g/mol. The topological polar surface area (TPSA) is 53.4 Å². The molecule has 1 aliphatic heterocycles. The van der Waals surface area contributed by atoms with Gasteiger partial charge in [0.05, 0.1) is 5.56 Å². The van der Waals surface area contributed by atoms with Crippen LogP contribution in [0.1, 0.15) is 18.3 Å². The van der Waals surface area contributed by atoms with Crippen molar-refractivity contribution < 1.29 is 18.0 Å². The van der Waals surface area contributed by atoms with E-state index in [-0.39, 0.29) is 6.03 Å². The molecule has 0 unspecified atom stereocenters. The van der Waals surface area contributed by atoms with Crippen LogP contribution in [0.4, 0.5) is 23.7 Å². The summed E-state index contributed by atoms with van der Waals surface area (Å²) in [5.74, 6) is 1.06. The number of carbonyl (C=O) groups excluding carboxylic acids is 1. The Morgan fingerprint density at radius 1 is 1.11 bits per heavy atom. The highest BCUT2D eigenvalue weighted by atomic mass is 19.4. The number of urea groups is 1. The minimum absolute atomic E-state index is 0.290. The fourth-order valence-electron chi connectivity index (χ4n) is 3.23. The number of hydrogen-bond acceptors (Lipinski definition) is 3. The number of aryl methyl sites for hydroxylation is 1. The van der Waals surface area contributed by atoms with Crippen LogP contribution in [0.3, 0.4) is 0 Å². The van der Waals surface area contributed by atoms with Gasteiger partial charge < -0.3 is 14.8 Å². The number of anilines is 1. The molecule has 6 nitrogen and oxygen atoms in total. The van der Waals surface area contributed by atoms with Crippen LogP contribution in [-0.2, 0) is 19.1 Å². The predicted octanol–water partition coefficient (Wildman–Crippen LogP) is 3.31. The van der Waals surface area contributed by atoms with Gasteiger partial charge in [-0.1, -0.05) is 6.92 Å². The van der Waals surface area contributed by atoms with Gasteiger partial charge in [0.2, 0.25) is 0 Å². The molecule has 2 aromatic rings. The average Bonchev–Trinajstić information content (AvgIpc) is 3.14. The van der Waals surface area contributed by atoms with E-state index in [1.54, 1.807) is 4.90 Å². The van der Waals surface area contributed by atoms with Crippen molar-refractivity contribution in [2.75, 3.05) is 38.0 Å². The molecule has 1 fully saturated rings. The Balaban J connectivity index is 1.44. The van der Waals surface area contributed by atoms with Gasteiger partial charge in [0.25, 0.3) is 0 Å². The monoisotopic (exact) mass is 395 g/mol. The van der Waals surface area contributed by atoms with Crippen molar-refractivity contribution in [1.82, 2.24) is 19.4 Å². The number of amides is 2. The van der Waals surface area contributed by atoms with Crippen LogP contribution >= 0.6 is 0 Å². The highest BCUT2D eigenvalue weighted by Crippen LogP contribution is 2.29. The molecule has 0 atom stereocenters. The normalized spacial score (nSPS) is 15.6. The molecule has 1 aliphatic rings. The Morgan fingerprint density at radius 3 is 2.39 bits per heavy atom. The van der Waals surface area contributed by atoms with E-state index in [1.165, 1.54) is 12.1 Å². The van der Waals surface area contributed by atoms with Gasteiger partial charge in [0.1, 0.15) is 5.82 Å².